The molecule has 12 heavy (non-hydrogen) atoms. The molecule has 0 spiro atoms. The second-order valence-electron chi connectivity index (χ2n) is 3.12. The fourth-order valence-electron chi connectivity index (χ4n) is 1.36. The van der Waals surface area contributed by atoms with Gasteiger partial charge in [-0.05, 0) is 29.8 Å². The molecule has 1 saturated heterocycles. The van der Waals surface area contributed by atoms with Crippen LogP contribution in [0.4, 0.5) is 0 Å². The molecule has 0 amide bonds. The number of ether oxygens (including phenoxy) is 1. The SMILES string of the molecule is Cc1nn(C2COC2)c(C)c1Br. The first-order valence-electron chi connectivity index (χ1n) is 3.99. The lowest BCUT2D eigenvalue weighted by Crippen LogP contribution is -2.32. The molecule has 0 aromatic carbocycles. The van der Waals surface area contributed by atoms with Crippen LogP contribution in [0.1, 0.15) is 17.4 Å². The van der Waals surface area contributed by atoms with Gasteiger partial charge in [-0.1, -0.05) is 0 Å². The van der Waals surface area contributed by atoms with E-state index < -0.39 is 0 Å². The Labute approximate surface area is 79.8 Å². The molecule has 1 fully saturated rings. The minimum Gasteiger partial charge on any atom is -0.377 e. The summed E-state index contributed by atoms with van der Waals surface area (Å²) >= 11 is 3.50. The van der Waals surface area contributed by atoms with Crippen LogP contribution in [0.5, 0.6) is 0 Å². The molecule has 0 N–H and O–H groups in total. The molecule has 1 aromatic rings. The first-order chi connectivity index (χ1) is 5.70. The summed E-state index contributed by atoms with van der Waals surface area (Å²) in [5.74, 6) is 0. The maximum atomic E-state index is 5.12. The Bertz CT molecular complexity index is 304. The van der Waals surface area contributed by atoms with Crippen LogP contribution in [0.25, 0.3) is 0 Å². The van der Waals surface area contributed by atoms with Gasteiger partial charge in [0, 0.05) is 0 Å². The van der Waals surface area contributed by atoms with Crippen molar-refractivity contribution in [1.82, 2.24) is 9.78 Å². The minimum absolute atomic E-state index is 0.454. The Morgan fingerprint density at radius 1 is 1.50 bits per heavy atom. The fraction of sp³-hybridized carbons (Fsp3) is 0.625. The number of aromatic nitrogens is 2. The third-order valence-electron chi connectivity index (χ3n) is 2.20. The van der Waals surface area contributed by atoms with Gasteiger partial charge in [0.05, 0.1) is 35.1 Å². The average molecular weight is 231 g/mol. The van der Waals surface area contributed by atoms with E-state index in [2.05, 4.69) is 28.0 Å². The fourth-order valence-corrected chi connectivity index (χ4v) is 1.62. The molecule has 0 atom stereocenters. The molecule has 0 bridgehead atoms. The lowest BCUT2D eigenvalue weighted by Gasteiger charge is -2.27. The van der Waals surface area contributed by atoms with Crippen molar-refractivity contribution in [3.63, 3.8) is 0 Å². The van der Waals surface area contributed by atoms with Gasteiger partial charge in [-0.3, -0.25) is 4.68 Å². The lowest BCUT2D eigenvalue weighted by molar-refractivity contribution is -0.0296. The van der Waals surface area contributed by atoms with Crippen molar-refractivity contribution in [3.05, 3.63) is 15.9 Å². The predicted molar refractivity (Wildman–Crippen MR) is 49.3 cm³/mol. The second-order valence-corrected chi connectivity index (χ2v) is 3.91. The molecule has 0 saturated carbocycles. The molecule has 1 aliphatic heterocycles. The van der Waals surface area contributed by atoms with Gasteiger partial charge in [0.15, 0.2) is 0 Å². The van der Waals surface area contributed by atoms with E-state index in [0.717, 1.165) is 23.4 Å². The summed E-state index contributed by atoms with van der Waals surface area (Å²) < 4.78 is 8.28. The van der Waals surface area contributed by atoms with E-state index in [-0.39, 0.29) is 0 Å². The summed E-state index contributed by atoms with van der Waals surface area (Å²) in [5, 5.41) is 4.42. The number of hydrogen-bond donors (Lipinski definition) is 0. The molecule has 1 aliphatic rings. The zero-order chi connectivity index (χ0) is 8.72. The molecule has 0 radical (unpaired) electrons. The van der Waals surface area contributed by atoms with E-state index in [9.17, 15) is 0 Å². The van der Waals surface area contributed by atoms with Crippen molar-refractivity contribution >= 4 is 15.9 Å². The van der Waals surface area contributed by atoms with E-state index in [1.165, 1.54) is 5.69 Å². The van der Waals surface area contributed by atoms with Crippen LogP contribution in [0.2, 0.25) is 0 Å². The van der Waals surface area contributed by atoms with E-state index in [1.54, 1.807) is 0 Å². The molecule has 2 heterocycles. The number of aryl methyl sites for hydroxylation is 1. The summed E-state index contributed by atoms with van der Waals surface area (Å²) in [6.07, 6.45) is 0. The van der Waals surface area contributed by atoms with Gasteiger partial charge in [-0.25, -0.2) is 0 Å². The number of nitrogens with zero attached hydrogens (tertiary/aromatic N) is 2. The van der Waals surface area contributed by atoms with Crippen LogP contribution in [0.15, 0.2) is 4.47 Å². The van der Waals surface area contributed by atoms with Crippen LogP contribution < -0.4 is 0 Å². The summed E-state index contributed by atoms with van der Waals surface area (Å²) in [7, 11) is 0. The quantitative estimate of drug-likeness (QED) is 0.737. The second kappa shape index (κ2) is 2.85. The van der Waals surface area contributed by atoms with Crippen LogP contribution in [-0.4, -0.2) is 23.0 Å². The highest BCUT2D eigenvalue weighted by atomic mass is 79.9. The molecule has 2 rings (SSSR count). The normalized spacial score (nSPS) is 17.9. The Morgan fingerprint density at radius 2 is 2.17 bits per heavy atom. The maximum Gasteiger partial charge on any atom is 0.0989 e. The van der Waals surface area contributed by atoms with Crippen LogP contribution >= 0.6 is 15.9 Å². The van der Waals surface area contributed by atoms with Crippen molar-refractivity contribution < 1.29 is 4.74 Å². The molecule has 1 aromatic heterocycles. The maximum absolute atomic E-state index is 5.12. The van der Waals surface area contributed by atoms with Crippen molar-refractivity contribution in [2.45, 2.75) is 19.9 Å². The zero-order valence-electron chi connectivity index (χ0n) is 7.17. The van der Waals surface area contributed by atoms with Crippen molar-refractivity contribution in [1.29, 1.82) is 0 Å². The van der Waals surface area contributed by atoms with Gasteiger partial charge < -0.3 is 4.74 Å². The third-order valence-corrected chi connectivity index (χ3v) is 3.35. The van der Waals surface area contributed by atoms with Crippen LogP contribution in [-0.2, 0) is 4.74 Å². The molecule has 0 aliphatic carbocycles. The first kappa shape index (κ1) is 8.26. The van der Waals surface area contributed by atoms with Gasteiger partial charge in [0.2, 0.25) is 0 Å². The molecule has 3 nitrogen and oxygen atoms in total. The van der Waals surface area contributed by atoms with Gasteiger partial charge >= 0.3 is 0 Å². The first-order valence-corrected chi connectivity index (χ1v) is 4.78. The van der Waals surface area contributed by atoms with Crippen LogP contribution in [0.3, 0.4) is 0 Å². The lowest BCUT2D eigenvalue weighted by atomic mass is 10.2. The average Bonchev–Trinajstić information content (AvgIpc) is 2.15. The smallest absolute Gasteiger partial charge is 0.0989 e. The number of hydrogen-bond acceptors (Lipinski definition) is 2. The Kier molecular flexibility index (Phi) is 1.96. The molecule has 0 unspecified atom stereocenters. The van der Waals surface area contributed by atoms with Gasteiger partial charge in [-0.2, -0.15) is 5.10 Å². The monoisotopic (exact) mass is 230 g/mol. The van der Waals surface area contributed by atoms with E-state index >= 15 is 0 Å². The summed E-state index contributed by atoms with van der Waals surface area (Å²) in [4.78, 5) is 0. The van der Waals surface area contributed by atoms with Crippen LogP contribution in [0, 0.1) is 13.8 Å². The van der Waals surface area contributed by atoms with Crippen molar-refractivity contribution in [2.75, 3.05) is 13.2 Å². The van der Waals surface area contributed by atoms with Gasteiger partial charge in [0.25, 0.3) is 0 Å². The third kappa shape index (κ3) is 1.10. The topological polar surface area (TPSA) is 27.1 Å². The van der Waals surface area contributed by atoms with E-state index in [4.69, 9.17) is 4.74 Å². The molecular weight excluding hydrogens is 220 g/mol. The highest BCUT2D eigenvalue weighted by molar-refractivity contribution is 9.10. The summed E-state index contributed by atoms with van der Waals surface area (Å²) in [6.45, 7) is 5.68. The molecule has 66 valence electrons. The highest BCUT2D eigenvalue weighted by Gasteiger charge is 2.24. The van der Waals surface area contributed by atoms with Crippen molar-refractivity contribution in [2.24, 2.45) is 0 Å². The Morgan fingerprint density at radius 3 is 2.50 bits per heavy atom. The standard InChI is InChI=1S/C8H11BrN2O/c1-5-8(9)6(2)11(10-5)7-3-12-4-7/h7H,3-4H2,1-2H3. The van der Waals surface area contributed by atoms with Gasteiger partial charge in [-0.15, -0.1) is 0 Å². The summed E-state index contributed by atoms with van der Waals surface area (Å²) in [6, 6.07) is 0.454. The van der Waals surface area contributed by atoms with Gasteiger partial charge in [0.1, 0.15) is 0 Å². The van der Waals surface area contributed by atoms with E-state index in [1.807, 2.05) is 11.6 Å². The molecule has 4 heteroatoms. The Hall–Kier alpha value is -0.350. The summed E-state index contributed by atoms with van der Waals surface area (Å²) in [5.41, 5.74) is 2.25. The predicted octanol–water partition coefficient (Wildman–Crippen LogP) is 1.83. The number of halogens is 1. The highest BCUT2D eigenvalue weighted by Crippen LogP contribution is 2.25. The van der Waals surface area contributed by atoms with E-state index in [0.29, 0.717) is 6.04 Å². The number of rotatable bonds is 1. The molecular formula is C8H11BrN2O. The minimum atomic E-state index is 0.454. The largest absolute Gasteiger partial charge is 0.377 e. The zero-order valence-corrected chi connectivity index (χ0v) is 8.76. The Balaban J connectivity index is 2.36. The van der Waals surface area contributed by atoms with Crippen molar-refractivity contribution in [3.8, 4) is 0 Å².